The van der Waals surface area contributed by atoms with Gasteiger partial charge >= 0.3 is 0 Å². The Hall–Kier alpha value is -0.450. The zero-order chi connectivity index (χ0) is 14.4. The molecular formula is C15H24BrFN2. The fourth-order valence-corrected chi connectivity index (χ4v) is 2.54. The van der Waals surface area contributed by atoms with Crippen LogP contribution in [0.3, 0.4) is 0 Å². The molecule has 0 unspecified atom stereocenters. The van der Waals surface area contributed by atoms with E-state index in [2.05, 4.69) is 53.8 Å². The summed E-state index contributed by atoms with van der Waals surface area (Å²) in [4.78, 5) is 2.42. The minimum atomic E-state index is -0.161. The van der Waals surface area contributed by atoms with Crippen LogP contribution in [-0.4, -0.2) is 30.1 Å². The fraction of sp³-hybridized carbons (Fsp3) is 0.600. The Kier molecular flexibility index (Phi) is 6.97. The Morgan fingerprint density at radius 1 is 1.21 bits per heavy atom. The van der Waals surface area contributed by atoms with Crippen molar-refractivity contribution in [1.29, 1.82) is 0 Å². The highest BCUT2D eigenvalue weighted by Crippen LogP contribution is 2.15. The third kappa shape index (κ3) is 5.59. The predicted octanol–water partition coefficient (Wildman–Crippen LogP) is 3.80. The van der Waals surface area contributed by atoms with E-state index in [4.69, 9.17) is 0 Å². The molecule has 0 aliphatic carbocycles. The molecule has 1 aromatic carbocycles. The van der Waals surface area contributed by atoms with Gasteiger partial charge in [0.2, 0.25) is 0 Å². The van der Waals surface area contributed by atoms with Gasteiger partial charge < -0.3 is 5.32 Å². The molecule has 0 bridgehead atoms. The molecule has 0 fully saturated rings. The highest BCUT2D eigenvalue weighted by molar-refractivity contribution is 9.10. The second kappa shape index (κ2) is 7.98. The van der Waals surface area contributed by atoms with Crippen molar-refractivity contribution in [3.63, 3.8) is 0 Å². The molecule has 108 valence electrons. The summed E-state index contributed by atoms with van der Waals surface area (Å²) in [5, 5.41) is 3.31. The van der Waals surface area contributed by atoms with Gasteiger partial charge in [-0.15, -0.1) is 0 Å². The molecule has 0 heterocycles. The molecule has 0 radical (unpaired) electrons. The molecule has 0 saturated heterocycles. The van der Waals surface area contributed by atoms with E-state index in [0.717, 1.165) is 17.6 Å². The molecule has 1 rings (SSSR count). The Morgan fingerprint density at radius 2 is 1.84 bits per heavy atom. The first-order valence-electron chi connectivity index (χ1n) is 6.82. The molecule has 0 atom stereocenters. The lowest BCUT2D eigenvalue weighted by atomic mass is 10.2. The number of hydrogen-bond donors (Lipinski definition) is 1. The van der Waals surface area contributed by atoms with E-state index in [1.807, 2.05) is 12.1 Å². The van der Waals surface area contributed by atoms with Gasteiger partial charge in [-0.25, -0.2) is 4.39 Å². The summed E-state index contributed by atoms with van der Waals surface area (Å²) in [6.07, 6.45) is 0. The van der Waals surface area contributed by atoms with E-state index in [9.17, 15) is 4.39 Å². The van der Waals surface area contributed by atoms with E-state index >= 15 is 0 Å². The largest absolute Gasteiger partial charge is 0.311 e. The molecule has 1 N–H and O–H groups in total. The molecule has 0 aliphatic rings. The highest BCUT2D eigenvalue weighted by Gasteiger charge is 2.12. The van der Waals surface area contributed by atoms with Gasteiger partial charge in [-0.3, -0.25) is 4.90 Å². The van der Waals surface area contributed by atoms with Crippen LogP contribution in [0.1, 0.15) is 33.3 Å². The third-order valence-corrected chi connectivity index (χ3v) is 3.70. The van der Waals surface area contributed by atoms with Crippen LogP contribution in [0, 0.1) is 5.82 Å². The standard InChI is InChI=1S/C15H24BrFN2/c1-11(2)19(12(3)4)8-7-18-10-13-5-6-14(16)9-15(13)17/h5-6,9,11-12,18H,7-8,10H2,1-4H3. The van der Waals surface area contributed by atoms with Crippen LogP contribution in [0.15, 0.2) is 22.7 Å². The number of nitrogens with one attached hydrogen (secondary N) is 1. The Morgan fingerprint density at radius 3 is 2.37 bits per heavy atom. The SMILES string of the molecule is CC(C)N(CCNCc1ccc(Br)cc1F)C(C)C. The zero-order valence-corrected chi connectivity index (χ0v) is 13.8. The van der Waals surface area contributed by atoms with Gasteiger partial charge in [0.25, 0.3) is 0 Å². The first-order valence-corrected chi connectivity index (χ1v) is 7.61. The second-order valence-corrected chi connectivity index (χ2v) is 6.25. The number of rotatable bonds is 7. The van der Waals surface area contributed by atoms with Crippen molar-refractivity contribution in [3.05, 3.63) is 34.1 Å². The van der Waals surface area contributed by atoms with E-state index in [0.29, 0.717) is 24.2 Å². The summed E-state index contributed by atoms with van der Waals surface area (Å²) in [6.45, 7) is 11.2. The number of hydrogen-bond acceptors (Lipinski definition) is 2. The molecule has 0 amide bonds. The van der Waals surface area contributed by atoms with Crippen LogP contribution in [0.2, 0.25) is 0 Å². The van der Waals surface area contributed by atoms with Crippen LogP contribution in [-0.2, 0) is 6.54 Å². The van der Waals surface area contributed by atoms with Crippen molar-refractivity contribution in [2.45, 2.75) is 46.3 Å². The first kappa shape index (κ1) is 16.6. The summed E-state index contributed by atoms with van der Waals surface area (Å²) < 4.78 is 14.4. The molecule has 0 saturated carbocycles. The summed E-state index contributed by atoms with van der Waals surface area (Å²) in [6, 6.07) is 6.26. The summed E-state index contributed by atoms with van der Waals surface area (Å²) in [5.41, 5.74) is 0.712. The highest BCUT2D eigenvalue weighted by atomic mass is 79.9. The number of nitrogens with zero attached hydrogens (tertiary/aromatic N) is 1. The maximum absolute atomic E-state index is 13.6. The smallest absolute Gasteiger partial charge is 0.128 e. The lowest BCUT2D eigenvalue weighted by Crippen LogP contribution is -2.41. The molecule has 0 aromatic heterocycles. The summed E-state index contributed by atoms with van der Waals surface area (Å²) in [5.74, 6) is -0.161. The van der Waals surface area contributed by atoms with Crippen LogP contribution < -0.4 is 5.32 Å². The lowest BCUT2D eigenvalue weighted by Gasteiger charge is -2.30. The fourth-order valence-electron chi connectivity index (χ4n) is 2.21. The van der Waals surface area contributed by atoms with Gasteiger partial charge in [0, 0.05) is 41.8 Å². The minimum absolute atomic E-state index is 0.161. The lowest BCUT2D eigenvalue weighted by molar-refractivity contribution is 0.175. The summed E-state index contributed by atoms with van der Waals surface area (Å²) in [7, 11) is 0. The monoisotopic (exact) mass is 330 g/mol. The molecule has 4 heteroatoms. The third-order valence-electron chi connectivity index (χ3n) is 3.20. The van der Waals surface area contributed by atoms with Crippen LogP contribution >= 0.6 is 15.9 Å². The van der Waals surface area contributed by atoms with Crippen LogP contribution in [0.4, 0.5) is 4.39 Å². The topological polar surface area (TPSA) is 15.3 Å². The van der Waals surface area contributed by atoms with Gasteiger partial charge in [0.1, 0.15) is 5.82 Å². The number of benzene rings is 1. The van der Waals surface area contributed by atoms with E-state index in [1.54, 1.807) is 0 Å². The van der Waals surface area contributed by atoms with Gasteiger partial charge in [-0.05, 0) is 39.8 Å². The normalized spacial score (nSPS) is 11.8. The number of halogens is 2. The Labute approximate surface area is 124 Å². The van der Waals surface area contributed by atoms with Crippen molar-refractivity contribution in [1.82, 2.24) is 10.2 Å². The minimum Gasteiger partial charge on any atom is -0.311 e. The second-order valence-electron chi connectivity index (χ2n) is 5.34. The van der Waals surface area contributed by atoms with Crippen molar-refractivity contribution in [2.24, 2.45) is 0 Å². The molecular weight excluding hydrogens is 307 g/mol. The molecule has 0 aliphatic heterocycles. The van der Waals surface area contributed by atoms with Gasteiger partial charge in [0.15, 0.2) is 0 Å². The zero-order valence-electron chi connectivity index (χ0n) is 12.2. The van der Waals surface area contributed by atoms with Crippen molar-refractivity contribution >= 4 is 15.9 Å². The Bertz CT molecular complexity index is 386. The molecule has 1 aromatic rings. The van der Waals surface area contributed by atoms with Gasteiger partial charge in [-0.2, -0.15) is 0 Å². The quantitative estimate of drug-likeness (QED) is 0.765. The van der Waals surface area contributed by atoms with Crippen LogP contribution in [0.25, 0.3) is 0 Å². The first-order chi connectivity index (χ1) is 8.91. The Balaban J connectivity index is 2.38. The van der Waals surface area contributed by atoms with E-state index in [1.165, 1.54) is 6.07 Å². The van der Waals surface area contributed by atoms with E-state index in [-0.39, 0.29) is 5.82 Å². The van der Waals surface area contributed by atoms with Crippen molar-refractivity contribution < 1.29 is 4.39 Å². The average molecular weight is 331 g/mol. The predicted molar refractivity (Wildman–Crippen MR) is 82.8 cm³/mol. The van der Waals surface area contributed by atoms with Crippen molar-refractivity contribution in [2.75, 3.05) is 13.1 Å². The van der Waals surface area contributed by atoms with Gasteiger partial charge in [-0.1, -0.05) is 22.0 Å². The maximum atomic E-state index is 13.6. The molecule has 0 spiro atoms. The molecule has 19 heavy (non-hydrogen) atoms. The summed E-state index contributed by atoms with van der Waals surface area (Å²) >= 11 is 3.26. The van der Waals surface area contributed by atoms with Crippen LogP contribution in [0.5, 0.6) is 0 Å². The van der Waals surface area contributed by atoms with Gasteiger partial charge in [0.05, 0.1) is 0 Å². The molecule has 2 nitrogen and oxygen atoms in total. The van der Waals surface area contributed by atoms with E-state index < -0.39 is 0 Å². The van der Waals surface area contributed by atoms with Crippen molar-refractivity contribution in [3.8, 4) is 0 Å². The average Bonchev–Trinajstić information content (AvgIpc) is 2.30. The maximum Gasteiger partial charge on any atom is 0.128 e.